The van der Waals surface area contributed by atoms with Crippen LogP contribution in [0.2, 0.25) is 0 Å². The van der Waals surface area contributed by atoms with Crippen molar-refractivity contribution in [2.45, 2.75) is 33.2 Å². The summed E-state index contributed by atoms with van der Waals surface area (Å²) in [5, 5.41) is 3.11. The summed E-state index contributed by atoms with van der Waals surface area (Å²) in [7, 11) is 3.22. The van der Waals surface area contributed by atoms with Crippen molar-refractivity contribution in [2.24, 2.45) is 5.92 Å². The Bertz CT molecular complexity index is 779. The van der Waals surface area contributed by atoms with Crippen LogP contribution < -0.4 is 14.8 Å². The van der Waals surface area contributed by atoms with E-state index in [2.05, 4.69) is 50.4 Å². The predicted molar refractivity (Wildman–Crippen MR) is 110 cm³/mol. The summed E-state index contributed by atoms with van der Waals surface area (Å²) in [6.45, 7) is 6.34. The predicted octanol–water partition coefficient (Wildman–Crippen LogP) is 4.79. The number of ether oxygens (including phenoxy) is 2. The first-order valence-corrected chi connectivity index (χ1v) is 9.27. The molecule has 0 aliphatic carbocycles. The maximum atomic E-state index is 12.5. The second kappa shape index (κ2) is 9.81. The molecule has 1 atom stereocenters. The molecular formula is C23H29NO3. The Kier molecular flexibility index (Phi) is 7.47. The van der Waals surface area contributed by atoms with Gasteiger partial charge in [-0.15, -0.1) is 0 Å². The number of benzene rings is 2. The Hall–Kier alpha value is -2.75. The minimum atomic E-state index is -0.141. The molecule has 2 aromatic rings. The van der Waals surface area contributed by atoms with Gasteiger partial charge in [0.25, 0.3) is 0 Å². The molecule has 27 heavy (non-hydrogen) atoms. The summed E-state index contributed by atoms with van der Waals surface area (Å²) >= 11 is 0. The van der Waals surface area contributed by atoms with E-state index >= 15 is 0 Å². The number of rotatable bonds is 8. The number of nitrogens with one attached hydrogen (secondary N) is 1. The van der Waals surface area contributed by atoms with Gasteiger partial charge >= 0.3 is 0 Å². The molecular weight excluding hydrogens is 338 g/mol. The molecule has 0 aliphatic rings. The minimum absolute atomic E-state index is 0.0414. The van der Waals surface area contributed by atoms with Crippen LogP contribution >= 0.6 is 0 Å². The molecule has 2 rings (SSSR count). The molecule has 1 amide bonds. The van der Waals surface area contributed by atoms with E-state index < -0.39 is 0 Å². The molecule has 0 saturated carbocycles. The molecule has 0 fully saturated rings. The number of amides is 1. The maximum Gasteiger partial charge on any atom is 0.244 e. The number of methoxy groups -OCH3 is 2. The Morgan fingerprint density at radius 2 is 1.78 bits per heavy atom. The highest BCUT2D eigenvalue weighted by Crippen LogP contribution is 2.25. The van der Waals surface area contributed by atoms with E-state index in [1.807, 2.05) is 18.2 Å². The van der Waals surface area contributed by atoms with Gasteiger partial charge in [0, 0.05) is 11.6 Å². The van der Waals surface area contributed by atoms with Crippen molar-refractivity contribution in [3.05, 3.63) is 65.2 Å². The molecule has 0 bridgehead atoms. The average Bonchev–Trinajstić information content (AvgIpc) is 2.70. The van der Waals surface area contributed by atoms with Gasteiger partial charge in [-0.2, -0.15) is 0 Å². The van der Waals surface area contributed by atoms with Crippen molar-refractivity contribution in [3.63, 3.8) is 0 Å². The lowest BCUT2D eigenvalue weighted by Gasteiger charge is -2.22. The van der Waals surface area contributed by atoms with Gasteiger partial charge in [-0.05, 0) is 47.7 Å². The molecule has 0 aliphatic heterocycles. The molecule has 4 nitrogen and oxygen atoms in total. The number of hydrogen-bond acceptors (Lipinski definition) is 3. The van der Waals surface area contributed by atoms with Gasteiger partial charge in [0.15, 0.2) is 0 Å². The standard InChI is InChI=1S/C23H29NO3/c1-6-17-7-9-18(10-8-17)23(16(2)3)24-22(25)14-11-19-15-20(26-4)12-13-21(19)27-5/h7-16,23H,6H2,1-5H3,(H,24,25)/b14-11+/t23-/m1/s1. The molecule has 0 unspecified atom stereocenters. The Morgan fingerprint density at radius 3 is 2.33 bits per heavy atom. The van der Waals surface area contributed by atoms with Gasteiger partial charge in [-0.3, -0.25) is 4.79 Å². The molecule has 1 N–H and O–H groups in total. The SMILES string of the molecule is CCc1ccc([C@H](NC(=O)/C=C/c2cc(OC)ccc2OC)C(C)C)cc1. The molecule has 0 heterocycles. The third kappa shape index (κ3) is 5.61. The van der Waals surface area contributed by atoms with Crippen LogP contribution in [0.3, 0.4) is 0 Å². The number of aryl methyl sites for hydroxylation is 1. The first-order valence-electron chi connectivity index (χ1n) is 9.27. The molecule has 0 spiro atoms. The van der Waals surface area contributed by atoms with Crippen LogP contribution in [0, 0.1) is 5.92 Å². The van der Waals surface area contributed by atoms with Crippen LogP contribution in [-0.4, -0.2) is 20.1 Å². The lowest BCUT2D eigenvalue weighted by atomic mass is 9.95. The zero-order valence-corrected chi connectivity index (χ0v) is 16.8. The fourth-order valence-electron chi connectivity index (χ4n) is 2.93. The smallest absolute Gasteiger partial charge is 0.244 e. The Balaban J connectivity index is 2.15. The normalized spacial score (nSPS) is 12.2. The van der Waals surface area contributed by atoms with E-state index in [0.29, 0.717) is 11.5 Å². The molecule has 0 saturated heterocycles. The third-order valence-corrected chi connectivity index (χ3v) is 4.56. The van der Waals surface area contributed by atoms with Crippen LogP contribution in [0.15, 0.2) is 48.5 Å². The Labute approximate surface area is 162 Å². The highest BCUT2D eigenvalue weighted by atomic mass is 16.5. The summed E-state index contributed by atoms with van der Waals surface area (Å²) in [4.78, 5) is 12.5. The molecule has 144 valence electrons. The quantitative estimate of drug-likeness (QED) is 0.682. The lowest BCUT2D eigenvalue weighted by molar-refractivity contribution is -0.117. The van der Waals surface area contributed by atoms with E-state index in [9.17, 15) is 4.79 Å². The van der Waals surface area contributed by atoms with Gasteiger partial charge in [0.2, 0.25) is 5.91 Å². The van der Waals surface area contributed by atoms with Crippen molar-refractivity contribution < 1.29 is 14.3 Å². The molecule has 2 aromatic carbocycles. The summed E-state index contributed by atoms with van der Waals surface area (Å²) in [5.74, 6) is 1.54. The monoisotopic (exact) mass is 367 g/mol. The number of carbonyl (C=O) groups excluding carboxylic acids is 1. The topological polar surface area (TPSA) is 47.6 Å². The summed E-state index contributed by atoms with van der Waals surface area (Å²) in [6.07, 6.45) is 4.28. The van der Waals surface area contributed by atoms with E-state index in [1.54, 1.807) is 20.3 Å². The van der Waals surface area contributed by atoms with E-state index in [1.165, 1.54) is 11.6 Å². The zero-order chi connectivity index (χ0) is 19.8. The fourth-order valence-corrected chi connectivity index (χ4v) is 2.93. The minimum Gasteiger partial charge on any atom is -0.497 e. The number of carbonyl (C=O) groups is 1. The Morgan fingerprint density at radius 1 is 1.07 bits per heavy atom. The van der Waals surface area contributed by atoms with Crippen LogP contribution in [0.5, 0.6) is 11.5 Å². The highest BCUT2D eigenvalue weighted by Gasteiger charge is 2.17. The van der Waals surface area contributed by atoms with E-state index in [-0.39, 0.29) is 17.9 Å². The van der Waals surface area contributed by atoms with Gasteiger partial charge < -0.3 is 14.8 Å². The second-order valence-corrected chi connectivity index (χ2v) is 6.77. The van der Waals surface area contributed by atoms with E-state index in [4.69, 9.17) is 9.47 Å². The molecule has 0 aromatic heterocycles. The van der Waals surface area contributed by atoms with Gasteiger partial charge in [-0.1, -0.05) is 45.0 Å². The van der Waals surface area contributed by atoms with Crippen LogP contribution in [0.1, 0.15) is 43.5 Å². The summed E-state index contributed by atoms with van der Waals surface area (Å²) < 4.78 is 10.6. The zero-order valence-electron chi connectivity index (χ0n) is 16.8. The third-order valence-electron chi connectivity index (χ3n) is 4.56. The van der Waals surface area contributed by atoms with Crippen LogP contribution in [0.4, 0.5) is 0 Å². The fraction of sp³-hybridized carbons (Fsp3) is 0.348. The van der Waals surface area contributed by atoms with Crippen molar-refractivity contribution in [1.82, 2.24) is 5.32 Å². The maximum absolute atomic E-state index is 12.5. The molecule has 0 radical (unpaired) electrons. The van der Waals surface area contributed by atoms with Gasteiger partial charge in [-0.25, -0.2) is 0 Å². The van der Waals surface area contributed by atoms with Crippen LogP contribution in [-0.2, 0) is 11.2 Å². The van der Waals surface area contributed by atoms with Crippen molar-refractivity contribution >= 4 is 12.0 Å². The van der Waals surface area contributed by atoms with Crippen LogP contribution in [0.25, 0.3) is 6.08 Å². The summed E-state index contributed by atoms with van der Waals surface area (Å²) in [5.41, 5.74) is 3.20. The molecule has 4 heteroatoms. The first-order chi connectivity index (χ1) is 13.0. The number of hydrogen-bond donors (Lipinski definition) is 1. The van der Waals surface area contributed by atoms with Crippen molar-refractivity contribution in [3.8, 4) is 11.5 Å². The van der Waals surface area contributed by atoms with Gasteiger partial charge in [0.05, 0.1) is 20.3 Å². The highest BCUT2D eigenvalue weighted by molar-refractivity contribution is 5.92. The second-order valence-electron chi connectivity index (χ2n) is 6.77. The average molecular weight is 367 g/mol. The van der Waals surface area contributed by atoms with Crippen molar-refractivity contribution in [2.75, 3.05) is 14.2 Å². The largest absolute Gasteiger partial charge is 0.497 e. The van der Waals surface area contributed by atoms with E-state index in [0.717, 1.165) is 17.5 Å². The lowest BCUT2D eigenvalue weighted by Crippen LogP contribution is -2.30. The first kappa shape index (κ1) is 20.6. The summed E-state index contributed by atoms with van der Waals surface area (Å²) in [6, 6.07) is 13.9. The van der Waals surface area contributed by atoms with Crippen molar-refractivity contribution in [1.29, 1.82) is 0 Å². The van der Waals surface area contributed by atoms with Gasteiger partial charge in [0.1, 0.15) is 11.5 Å².